The van der Waals surface area contributed by atoms with Crippen molar-refractivity contribution in [3.8, 4) is 0 Å². The Morgan fingerprint density at radius 3 is 1.45 bits per heavy atom. The number of hydrogen-bond acceptors (Lipinski definition) is 1. The van der Waals surface area contributed by atoms with E-state index in [0.29, 0.717) is 0 Å². The molecular weight excluding hydrogens is 268 g/mol. The van der Waals surface area contributed by atoms with Gasteiger partial charge in [0.25, 0.3) is 0 Å². The van der Waals surface area contributed by atoms with E-state index in [0.717, 1.165) is 12.8 Å². The van der Waals surface area contributed by atoms with Crippen LogP contribution in [0.3, 0.4) is 0 Å². The van der Waals surface area contributed by atoms with Gasteiger partial charge in [-0.3, -0.25) is 4.79 Å². The van der Waals surface area contributed by atoms with Gasteiger partial charge in [0.05, 0.1) is 5.38 Å². The molecule has 0 aliphatic carbocycles. The SMILES string of the molecule is CCCCCCCCCCCCCCCC(Cl)C(C)=O. The van der Waals surface area contributed by atoms with Gasteiger partial charge in [-0.1, -0.05) is 90.4 Å². The molecule has 0 aromatic rings. The smallest absolute Gasteiger partial charge is 0.147 e. The molecule has 1 nitrogen and oxygen atoms in total. The van der Waals surface area contributed by atoms with Crippen molar-refractivity contribution in [3.63, 3.8) is 0 Å². The second-order valence-corrected chi connectivity index (χ2v) is 6.64. The predicted molar refractivity (Wildman–Crippen MR) is 90.6 cm³/mol. The first-order valence-corrected chi connectivity index (χ1v) is 9.26. The second-order valence-electron chi connectivity index (χ2n) is 6.11. The zero-order valence-corrected chi connectivity index (χ0v) is 14.5. The van der Waals surface area contributed by atoms with E-state index in [1.54, 1.807) is 6.92 Å². The highest BCUT2D eigenvalue weighted by molar-refractivity contribution is 6.30. The Bertz CT molecular complexity index is 215. The molecule has 0 radical (unpaired) electrons. The van der Waals surface area contributed by atoms with Crippen molar-refractivity contribution in [1.82, 2.24) is 0 Å². The normalized spacial score (nSPS) is 12.6. The standard InChI is InChI=1S/C18H35ClO/c1-3-4-5-6-7-8-9-10-11-12-13-14-15-16-18(19)17(2)20/h18H,3-16H2,1-2H3. The maximum atomic E-state index is 11.0. The monoisotopic (exact) mass is 302 g/mol. The number of rotatable bonds is 15. The zero-order chi connectivity index (χ0) is 15.1. The van der Waals surface area contributed by atoms with E-state index in [-0.39, 0.29) is 11.2 Å². The third-order valence-corrected chi connectivity index (χ3v) is 4.53. The molecule has 1 unspecified atom stereocenters. The van der Waals surface area contributed by atoms with Gasteiger partial charge in [0.1, 0.15) is 5.78 Å². The predicted octanol–water partition coefficient (Wildman–Crippen LogP) is 6.66. The molecule has 1 atom stereocenters. The van der Waals surface area contributed by atoms with Gasteiger partial charge in [-0.2, -0.15) is 0 Å². The average molecular weight is 303 g/mol. The summed E-state index contributed by atoms with van der Waals surface area (Å²) in [7, 11) is 0. The van der Waals surface area contributed by atoms with Crippen LogP contribution in [0.25, 0.3) is 0 Å². The highest BCUT2D eigenvalue weighted by atomic mass is 35.5. The quantitative estimate of drug-likeness (QED) is 0.244. The number of hydrogen-bond donors (Lipinski definition) is 0. The molecular formula is C18H35ClO. The van der Waals surface area contributed by atoms with Gasteiger partial charge < -0.3 is 0 Å². The van der Waals surface area contributed by atoms with Crippen LogP contribution in [0.4, 0.5) is 0 Å². The number of ketones is 1. The summed E-state index contributed by atoms with van der Waals surface area (Å²) in [6, 6.07) is 0. The van der Waals surface area contributed by atoms with Gasteiger partial charge in [0, 0.05) is 0 Å². The minimum absolute atomic E-state index is 0.116. The molecule has 0 aromatic heterocycles. The van der Waals surface area contributed by atoms with Crippen LogP contribution in [0.5, 0.6) is 0 Å². The Hall–Kier alpha value is -0.0400. The molecule has 20 heavy (non-hydrogen) atoms. The van der Waals surface area contributed by atoms with Crippen LogP contribution in [0.2, 0.25) is 0 Å². The number of carbonyl (C=O) groups is 1. The second kappa shape index (κ2) is 15.4. The molecule has 120 valence electrons. The zero-order valence-electron chi connectivity index (χ0n) is 13.8. The van der Waals surface area contributed by atoms with Crippen LogP contribution in [-0.2, 0) is 4.79 Å². The van der Waals surface area contributed by atoms with Gasteiger partial charge in [-0.25, -0.2) is 0 Å². The molecule has 0 bridgehead atoms. The molecule has 0 rings (SSSR count). The summed E-state index contributed by atoms with van der Waals surface area (Å²) in [5, 5.41) is -0.247. The van der Waals surface area contributed by atoms with Crippen LogP contribution in [0, 0.1) is 0 Å². The highest BCUT2D eigenvalue weighted by Gasteiger charge is 2.08. The molecule has 2 heteroatoms. The lowest BCUT2D eigenvalue weighted by atomic mass is 10.0. The Morgan fingerprint density at radius 1 is 0.750 bits per heavy atom. The molecule has 0 amide bonds. The van der Waals surface area contributed by atoms with Crippen LogP contribution >= 0.6 is 11.6 Å². The molecule has 0 aliphatic heterocycles. The largest absolute Gasteiger partial charge is 0.298 e. The Kier molecular flexibility index (Phi) is 15.3. The van der Waals surface area contributed by atoms with E-state index in [9.17, 15) is 4.79 Å². The van der Waals surface area contributed by atoms with E-state index in [2.05, 4.69) is 6.92 Å². The van der Waals surface area contributed by atoms with Gasteiger partial charge in [0.15, 0.2) is 0 Å². The summed E-state index contributed by atoms with van der Waals surface area (Å²) in [5.74, 6) is 0.116. The van der Waals surface area contributed by atoms with Crippen molar-refractivity contribution in [2.24, 2.45) is 0 Å². The van der Waals surface area contributed by atoms with E-state index in [1.807, 2.05) is 0 Å². The number of unbranched alkanes of at least 4 members (excludes halogenated alkanes) is 12. The third kappa shape index (κ3) is 14.4. The number of halogens is 1. The van der Waals surface area contributed by atoms with Gasteiger partial charge >= 0.3 is 0 Å². The maximum absolute atomic E-state index is 11.0. The van der Waals surface area contributed by atoms with Crippen molar-refractivity contribution >= 4 is 17.4 Å². The fraction of sp³-hybridized carbons (Fsp3) is 0.944. The van der Waals surface area contributed by atoms with E-state index < -0.39 is 0 Å². The van der Waals surface area contributed by atoms with Crippen molar-refractivity contribution in [1.29, 1.82) is 0 Å². The topological polar surface area (TPSA) is 17.1 Å². The lowest BCUT2D eigenvalue weighted by Crippen LogP contribution is -2.09. The maximum Gasteiger partial charge on any atom is 0.147 e. The third-order valence-electron chi connectivity index (χ3n) is 4.00. The van der Waals surface area contributed by atoms with Crippen LogP contribution in [0.15, 0.2) is 0 Å². The summed E-state index contributed by atoms with van der Waals surface area (Å²) in [5.41, 5.74) is 0. The van der Waals surface area contributed by atoms with Crippen LogP contribution in [-0.4, -0.2) is 11.2 Å². The first-order valence-electron chi connectivity index (χ1n) is 8.83. The average Bonchev–Trinajstić information content (AvgIpc) is 2.43. The van der Waals surface area contributed by atoms with E-state index in [4.69, 9.17) is 11.6 Å². The number of alkyl halides is 1. The molecule has 0 aliphatic rings. The summed E-state index contributed by atoms with van der Waals surface area (Å²) >= 11 is 5.91. The van der Waals surface area contributed by atoms with Crippen molar-refractivity contribution in [2.75, 3.05) is 0 Å². The fourth-order valence-electron chi connectivity index (χ4n) is 2.54. The lowest BCUT2D eigenvalue weighted by Gasteiger charge is -2.05. The summed E-state index contributed by atoms with van der Waals surface area (Å²) < 4.78 is 0. The summed E-state index contributed by atoms with van der Waals surface area (Å²) in [4.78, 5) is 11.0. The van der Waals surface area contributed by atoms with Crippen molar-refractivity contribution in [3.05, 3.63) is 0 Å². The molecule has 0 spiro atoms. The minimum atomic E-state index is -0.247. The Labute approximate surface area is 131 Å². The van der Waals surface area contributed by atoms with Crippen molar-refractivity contribution in [2.45, 2.75) is 109 Å². The molecule has 0 saturated heterocycles. The van der Waals surface area contributed by atoms with Gasteiger partial charge in [0.2, 0.25) is 0 Å². The summed E-state index contributed by atoms with van der Waals surface area (Å²) in [6.07, 6.45) is 18.5. The van der Waals surface area contributed by atoms with Crippen molar-refractivity contribution < 1.29 is 4.79 Å². The van der Waals surface area contributed by atoms with Gasteiger partial charge in [-0.05, 0) is 13.3 Å². The molecule has 0 saturated carbocycles. The lowest BCUT2D eigenvalue weighted by molar-refractivity contribution is -0.116. The molecule has 0 fully saturated rings. The molecule has 0 N–H and O–H groups in total. The Balaban J connectivity index is 3.04. The van der Waals surface area contributed by atoms with Crippen LogP contribution in [0.1, 0.15) is 104 Å². The minimum Gasteiger partial charge on any atom is -0.298 e. The van der Waals surface area contributed by atoms with Gasteiger partial charge in [-0.15, -0.1) is 11.6 Å². The number of carbonyl (C=O) groups excluding carboxylic acids is 1. The fourth-order valence-corrected chi connectivity index (χ4v) is 2.70. The van der Waals surface area contributed by atoms with E-state index in [1.165, 1.54) is 77.0 Å². The van der Waals surface area contributed by atoms with Crippen LogP contribution < -0.4 is 0 Å². The number of Topliss-reactive ketones (excluding diaryl/α,β-unsaturated/α-hetero) is 1. The Morgan fingerprint density at radius 2 is 1.10 bits per heavy atom. The molecule has 0 aromatic carbocycles. The van der Waals surface area contributed by atoms with E-state index >= 15 is 0 Å². The first kappa shape index (κ1) is 20.0. The highest BCUT2D eigenvalue weighted by Crippen LogP contribution is 2.14. The molecule has 0 heterocycles. The summed E-state index contributed by atoms with van der Waals surface area (Å²) in [6.45, 7) is 3.85. The first-order chi connectivity index (χ1) is 9.68.